The monoisotopic (exact) mass is 447 g/mol. The van der Waals surface area contributed by atoms with Crippen molar-refractivity contribution in [2.45, 2.75) is 44.1 Å². The molecule has 0 spiro atoms. The molecule has 0 fully saturated rings. The second kappa shape index (κ2) is 8.74. The Morgan fingerprint density at radius 3 is 2.26 bits per heavy atom. The molecule has 3 rings (SSSR count). The van der Waals surface area contributed by atoms with Crippen LogP contribution < -0.4 is 10.6 Å². The molecule has 0 aliphatic heterocycles. The molecule has 1 aromatic carbocycles. The van der Waals surface area contributed by atoms with E-state index in [2.05, 4.69) is 25.6 Å². The van der Waals surface area contributed by atoms with Crippen LogP contribution in [-0.2, 0) is 5.92 Å². The molecule has 2 N–H and O–H groups in total. The number of nitrogens with zero attached hydrogens (tertiary/aromatic N) is 3. The van der Waals surface area contributed by atoms with E-state index in [9.17, 15) is 13.2 Å². The Morgan fingerprint density at radius 2 is 1.61 bits per heavy atom. The molecule has 0 amide bonds. The highest BCUT2D eigenvalue weighted by molar-refractivity contribution is 7.98. The van der Waals surface area contributed by atoms with Gasteiger partial charge >= 0.3 is 0 Å². The van der Waals surface area contributed by atoms with E-state index in [4.69, 9.17) is 0 Å². The van der Waals surface area contributed by atoms with Crippen LogP contribution in [0.3, 0.4) is 0 Å². The van der Waals surface area contributed by atoms with Gasteiger partial charge in [0.25, 0.3) is 5.92 Å². The molecule has 3 aromatic rings. The van der Waals surface area contributed by atoms with Gasteiger partial charge in [0, 0.05) is 29.1 Å². The second-order valence-electron chi connectivity index (χ2n) is 8.14. The van der Waals surface area contributed by atoms with E-state index >= 15 is 0 Å². The summed E-state index contributed by atoms with van der Waals surface area (Å²) in [6.45, 7) is 6.69. The topological polar surface area (TPSA) is 62.7 Å². The Balaban J connectivity index is 2.06. The molecule has 0 radical (unpaired) electrons. The van der Waals surface area contributed by atoms with Gasteiger partial charge in [-0.25, -0.2) is 19.3 Å². The van der Waals surface area contributed by atoms with Crippen molar-refractivity contribution in [3.63, 3.8) is 0 Å². The molecule has 0 aliphatic rings. The first-order valence-electron chi connectivity index (χ1n) is 9.57. The first-order valence-corrected chi connectivity index (χ1v) is 10.8. The number of thioether (sulfide) groups is 1. The minimum Gasteiger partial charge on any atom is -0.365 e. The molecular weight excluding hydrogens is 423 g/mol. The molecule has 5 nitrogen and oxygen atoms in total. The van der Waals surface area contributed by atoms with Crippen molar-refractivity contribution >= 4 is 29.1 Å². The predicted molar refractivity (Wildman–Crippen MR) is 120 cm³/mol. The summed E-state index contributed by atoms with van der Waals surface area (Å²) in [7, 11) is 0. The quantitative estimate of drug-likeness (QED) is 0.423. The molecule has 2 heterocycles. The molecule has 0 aliphatic carbocycles. The first-order chi connectivity index (χ1) is 14.4. The zero-order valence-electron chi connectivity index (χ0n) is 17.9. The highest BCUT2D eigenvalue weighted by atomic mass is 32.2. The smallest absolute Gasteiger partial charge is 0.286 e. The van der Waals surface area contributed by atoms with Crippen LogP contribution in [0.25, 0.3) is 11.5 Å². The van der Waals surface area contributed by atoms with Gasteiger partial charge in [0.15, 0.2) is 5.82 Å². The molecule has 0 saturated heterocycles. The minimum absolute atomic E-state index is 0.171. The molecule has 164 valence electrons. The molecule has 9 heteroatoms. The highest BCUT2D eigenvalue weighted by Crippen LogP contribution is 2.29. The zero-order chi connectivity index (χ0) is 22.8. The Kier molecular flexibility index (Phi) is 6.45. The second-order valence-corrected chi connectivity index (χ2v) is 9.02. The van der Waals surface area contributed by atoms with Crippen LogP contribution in [0.2, 0.25) is 0 Å². The number of aromatic nitrogens is 3. The van der Waals surface area contributed by atoms with Gasteiger partial charge in [0.2, 0.25) is 0 Å². The number of nitrogens with one attached hydrogen (secondary N) is 2. The number of pyridine rings is 1. The van der Waals surface area contributed by atoms with Crippen molar-refractivity contribution in [3.8, 4) is 11.5 Å². The van der Waals surface area contributed by atoms with Crippen molar-refractivity contribution in [1.29, 1.82) is 0 Å². The van der Waals surface area contributed by atoms with Gasteiger partial charge in [0.1, 0.15) is 28.8 Å². The number of anilines is 3. The van der Waals surface area contributed by atoms with E-state index in [1.54, 1.807) is 18.2 Å². The van der Waals surface area contributed by atoms with E-state index < -0.39 is 5.92 Å². The normalized spacial score (nSPS) is 12.0. The summed E-state index contributed by atoms with van der Waals surface area (Å²) >= 11 is 1.42. The van der Waals surface area contributed by atoms with Gasteiger partial charge in [-0.15, -0.1) is 11.8 Å². The molecule has 0 bridgehead atoms. The molecular formula is C22H24F3N5S. The summed E-state index contributed by atoms with van der Waals surface area (Å²) in [6, 6.07) is 10.6. The van der Waals surface area contributed by atoms with Crippen LogP contribution in [-0.4, -0.2) is 26.7 Å². The lowest BCUT2D eigenvalue weighted by Crippen LogP contribution is -2.27. The van der Waals surface area contributed by atoms with E-state index in [1.807, 2.05) is 27.0 Å². The fourth-order valence-corrected chi connectivity index (χ4v) is 3.25. The molecule has 0 saturated carbocycles. The maximum atomic E-state index is 13.9. The van der Waals surface area contributed by atoms with Crippen LogP contribution >= 0.6 is 11.8 Å². The Bertz CT molecular complexity index is 1080. The Hall–Kier alpha value is -2.81. The van der Waals surface area contributed by atoms with E-state index in [1.165, 1.54) is 36.0 Å². The number of alkyl halides is 2. The molecule has 0 atom stereocenters. The Labute approximate surface area is 183 Å². The fourth-order valence-electron chi connectivity index (χ4n) is 2.78. The lowest BCUT2D eigenvalue weighted by atomic mass is 10.1. The van der Waals surface area contributed by atoms with Crippen molar-refractivity contribution in [2.75, 3.05) is 16.9 Å². The number of rotatable bonds is 6. The van der Waals surface area contributed by atoms with Gasteiger partial charge in [-0.3, -0.25) is 0 Å². The summed E-state index contributed by atoms with van der Waals surface area (Å²) in [4.78, 5) is 13.7. The zero-order valence-corrected chi connectivity index (χ0v) is 18.7. The van der Waals surface area contributed by atoms with Crippen LogP contribution in [0.5, 0.6) is 0 Å². The Morgan fingerprint density at radius 1 is 0.903 bits per heavy atom. The number of hydrogen-bond acceptors (Lipinski definition) is 6. The summed E-state index contributed by atoms with van der Waals surface area (Å²) in [5, 5.41) is 6.33. The molecule has 31 heavy (non-hydrogen) atoms. The average molecular weight is 448 g/mol. The van der Waals surface area contributed by atoms with Crippen LogP contribution in [0.15, 0.2) is 47.4 Å². The standard InChI is InChI=1S/C22H24F3N5S/c1-21(2,3)30-19-12-18(26-14-9-13(23)10-15(11-14)31-5)28-20(29-19)16-7-6-8-17(27-16)22(4,24)25/h6-12H,1-5H3,(H2,26,28,29,30). The van der Waals surface area contributed by atoms with Crippen LogP contribution in [0, 0.1) is 5.82 Å². The summed E-state index contributed by atoms with van der Waals surface area (Å²) in [5.41, 5.74) is 0.0488. The van der Waals surface area contributed by atoms with Gasteiger partial charge in [0.05, 0.1) is 0 Å². The van der Waals surface area contributed by atoms with Gasteiger partial charge in [-0.1, -0.05) is 6.07 Å². The lowest BCUT2D eigenvalue weighted by Gasteiger charge is -2.22. The van der Waals surface area contributed by atoms with E-state index in [-0.39, 0.29) is 28.6 Å². The largest absolute Gasteiger partial charge is 0.365 e. The highest BCUT2D eigenvalue weighted by Gasteiger charge is 2.26. The van der Waals surface area contributed by atoms with Gasteiger partial charge in [-0.2, -0.15) is 8.78 Å². The van der Waals surface area contributed by atoms with Crippen molar-refractivity contribution < 1.29 is 13.2 Å². The fraction of sp³-hybridized carbons (Fsp3) is 0.318. The van der Waals surface area contributed by atoms with Crippen LogP contribution in [0.1, 0.15) is 33.4 Å². The van der Waals surface area contributed by atoms with E-state index in [0.717, 1.165) is 11.8 Å². The molecule has 0 unspecified atom stereocenters. The van der Waals surface area contributed by atoms with E-state index in [0.29, 0.717) is 17.3 Å². The predicted octanol–water partition coefficient (Wildman–Crippen LogP) is 6.47. The third-order valence-electron chi connectivity index (χ3n) is 4.04. The summed E-state index contributed by atoms with van der Waals surface area (Å²) in [6.07, 6.45) is 1.86. The van der Waals surface area contributed by atoms with Crippen molar-refractivity contribution in [1.82, 2.24) is 15.0 Å². The van der Waals surface area contributed by atoms with Crippen molar-refractivity contribution in [3.05, 3.63) is 54.0 Å². The minimum atomic E-state index is -3.09. The van der Waals surface area contributed by atoms with Crippen LogP contribution in [0.4, 0.5) is 30.5 Å². The number of halogens is 3. The third-order valence-corrected chi connectivity index (χ3v) is 4.74. The average Bonchev–Trinajstić information content (AvgIpc) is 2.65. The van der Waals surface area contributed by atoms with Crippen molar-refractivity contribution in [2.24, 2.45) is 0 Å². The van der Waals surface area contributed by atoms with Gasteiger partial charge in [-0.05, 0) is 57.4 Å². The molecule has 2 aromatic heterocycles. The first kappa shape index (κ1) is 22.9. The lowest BCUT2D eigenvalue weighted by molar-refractivity contribution is 0.0129. The maximum Gasteiger partial charge on any atom is 0.286 e. The van der Waals surface area contributed by atoms with Gasteiger partial charge < -0.3 is 10.6 Å². The number of hydrogen-bond donors (Lipinski definition) is 2. The SMILES string of the molecule is CSc1cc(F)cc(Nc2cc(NC(C)(C)C)nc(-c3cccc(C(C)(F)F)n3)n2)c1. The number of benzene rings is 1. The summed E-state index contributed by atoms with van der Waals surface area (Å²) < 4.78 is 41.5. The summed E-state index contributed by atoms with van der Waals surface area (Å²) in [5.74, 6) is -2.43. The third kappa shape index (κ3) is 6.33. The maximum absolute atomic E-state index is 13.9.